The maximum absolute atomic E-state index is 11.1. The number of aliphatic carboxylic acids is 1. The molecule has 0 heterocycles. The fraction of sp³-hybridized carbons (Fsp3) is 0.667. The summed E-state index contributed by atoms with van der Waals surface area (Å²) in [5, 5.41) is 9.11. The average Bonchev–Trinajstić information content (AvgIpc) is 2.72. The molecule has 1 N–H and O–H groups in total. The highest BCUT2D eigenvalue weighted by Crippen LogP contribution is 2.33. The minimum atomic E-state index is -0.695. The van der Waals surface area contributed by atoms with Crippen molar-refractivity contribution in [2.75, 3.05) is 0 Å². The molecule has 0 fully saturated rings. The van der Waals surface area contributed by atoms with Gasteiger partial charge in [0.15, 0.2) is 0 Å². The molecule has 29 heavy (non-hydrogen) atoms. The number of benzene rings is 1. The smallest absolute Gasteiger partial charge is 0.303 e. The number of rotatable bonds is 18. The van der Waals surface area contributed by atoms with E-state index in [0.717, 1.165) is 6.42 Å². The number of allylic oxidation sites excluding steroid dienone is 1. The number of carboxylic acids is 1. The highest BCUT2D eigenvalue weighted by Gasteiger charge is 2.21. The van der Waals surface area contributed by atoms with E-state index >= 15 is 0 Å². The zero-order valence-electron chi connectivity index (χ0n) is 19.0. The van der Waals surface area contributed by atoms with Gasteiger partial charge in [0.1, 0.15) is 0 Å². The SMILES string of the molecule is CCCCCCCCCCCCCCC(C)(/C=C/c1ccccc1)CCC(=O)O. The average molecular weight is 401 g/mol. The summed E-state index contributed by atoms with van der Waals surface area (Å²) in [7, 11) is 0. The van der Waals surface area contributed by atoms with Crippen LogP contribution in [0, 0.1) is 5.41 Å². The molecule has 0 aromatic heterocycles. The molecule has 0 bridgehead atoms. The van der Waals surface area contributed by atoms with E-state index < -0.39 is 5.97 Å². The molecule has 0 saturated heterocycles. The molecule has 2 nitrogen and oxygen atoms in total. The maximum Gasteiger partial charge on any atom is 0.303 e. The van der Waals surface area contributed by atoms with E-state index in [4.69, 9.17) is 5.11 Å². The summed E-state index contributed by atoms with van der Waals surface area (Å²) >= 11 is 0. The van der Waals surface area contributed by atoms with Crippen LogP contribution in [0.25, 0.3) is 6.08 Å². The number of hydrogen-bond donors (Lipinski definition) is 1. The third kappa shape index (κ3) is 14.1. The van der Waals surface area contributed by atoms with Gasteiger partial charge in [-0.15, -0.1) is 0 Å². The molecule has 1 unspecified atom stereocenters. The van der Waals surface area contributed by atoms with Crippen LogP contribution in [0.15, 0.2) is 36.4 Å². The van der Waals surface area contributed by atoms with Crippen molar-refractivity contribution in [2.24, 2.45) is 5.41 Å². The normalized spacial score (nSPS) is 13.6. The standard InChI is InChI=1S/C27H44O2/c1-3-4-5-6-7-8-9-10-11-12-13-17-22-27(2,24-21-26(28)29)23-20-25-18-15-14-16-19-25/h14-16,18-20,23H,3-13,17,21-22,24H2,1-2H3,(H,28,29)/b23-20+. The van der Waals surface area contributed by atoms with Gasteiger partial charge in [-0.25, -0.2) is 0 Å². The van der Waals surface area contributed by atoms with Crippen molar-refractivity contribution >= 4 is 12.0 Å². The Labute approximate surface area is 179 Å². The maximum atomic E-state index is 11.1. The van der Waals surface area contributed by atoms with E-state index in [1.54, 1.807) is 0 Å². The van der Waals surface area contributed by atoms with Gasteiger partial charge in [0, 0.05) is 6.42 Å². The summed E-state index contributed by atoms with van der Waals surface area (Å²) in [6, 6.07) is 10.3. The zero-order valence-corrected chi connectivity index (χ0v) is 19.0. The van der Waals surface area contributed by atoms with Crippen LogP contribution in [0.4, 0.5) is 0 Å². The van der Waals surface area contributed by atoms with E-state index in [1.807, 2.05) is 18.2 Å². The van der Waals surface area contributed by atoms with Crippen LogP contribution >= 0.6 is 0 Å². The summed E-state index contributed by atoms with van der Waals surface area (Å²) in [4.78, 5) is 11.1. The second kappa shape index (κ2) is 16.3. The van der Waals surface area contributed by atoms with E-state index in [2.05, 4.69) is 38.1 Å². The van der Waals surface area contributed by atoms with Gasteiger partial charge in [-0.05, 0) is 23.8 Å². The summed E-state index contributed by atoms with van der Waals surface area (Å²) in [5.41, 5.74) is 1.15. The van der Waals surface area contributed by atoms with Gasteiger partial charge in [0.25, 0.3) is 0 Å². The van der Waals surface area contributed by atoms with Crippen molar-refractivity contribution < 1.29 is 9.90 Å². The van der Waals surface area contributed by atoms with Crippen LogP contribution in [-0.2, 0) is 4.79 Å². The number of unbranched alkanes of at least 4 members (excludes halogenated alkanes) is 11. The van der Waals surface area contributed by atoms with Crippen molar-refractivity contribution in [2.45, 2.75) is 110 Å². The molecule has 1 aromatic carbocycles. The van der Waals surface area contributed by atoms with Crippen LogP contribution in [0.5, 0.6) is 0 Å². The Morgan fingerprint density at radius 3 is 1.86 bits per heavy atom. The number of hydrogen-bond acceptors (Lipinski definition) is 1. The van der Waals surface area contributed by atoms with E-state index in [1.165, 1.54) is 82.6 Å². The van der Waals surface area contributed by atoms with Crippen molar-refractivity contribution in [3.63, 3.8) is 0 Å². The predicted octanol–water partition coefficient (Wildman–Crippen LogP) is 8.66. The Morgan fingerprint density at radius 2 is 1.34 bits per heavy atom. The van der Waals surface area contributed by atoms with Crippen LogP contribution in [0.1, 0.15) is 116 Å². The van der Waals surface area contributed by atoms with Crippen molar-refractivity contribution in [1.29, 1.82) is 0 Å². The zero-order chi connectivity index (χ0) is 21.2. The third-order valence-electron chi connectivity index (χ3n) is 5.99. The van der Waals surface area contributed by atoms with Crippen LogP contribution < -0.4 is 0 Å². The lowest BCUT2D eigenvalue weighted by molar-refractivity contribution is -0.137. The molecule has 1 aromatic rings. The fourth-order valence-electron chi connectivity index (χ4n) is 3.92. The Kier molecular flexibility index (Phi) is 14.3. The van der Waals surface area contributed by atoms with Crippen LogP contribution in [0.3, 0.4) is 0 Å². The van der Waals surface area contributed by atoms with Crippen molar-refractivity contribution in [3.8, 4) is 0 Å². The molecule has 0 aliphatic rings. The monoisotopic (exact) mass is 400 g/mol. The molecule has 0 amide bonds. The molecule has 1 rings (SSSR count). The highest BCUT2D eigenvalue weighted by molar-refractivity contribution is 5.66. The van der Waals surface area contributed by atoms with Gasteiger partial charge in [0.2, 0.25) is 0 Å². The summed E-state index contributed by atoms with van der Waals surface area (Å²) < 4.78 is 0. The lowest BCUT2D eigenvalue weighted by Gasteiger charge is -2.25. The minimum Gasteiger partial charge on any atom is -0.481 e. The first kappa shape index (κ1) is 25.5. The van der Waals surface area contributed by atoms with Gasteiger partial charge in [0.05, 0.1) is 0 Å². The third-order valence-corrected chi connectivity index (χ3v) is 5.99. The first-order valence-electron chi connectivity index (χ1n) is 12.0. The van der Waals surface area contributed by atoms with E-state index in [-0.39, 0.29) is 11.8 Å². The quantitative estimate of drug-likeness (QED) is 0.250. The van der Waals surface area contributed by atoms with Gasteiger partial charge >= 0.3 is 5.97 Å². The largest absolute Gasteiger partial charge is 0.481 e. The molecule has 1 atom stereocenters. The molecule has 0 aliphatic heterocycles. The Morgan fingerprint density at radius 1 is 0.828 bits per heavy atom. The second-order valence-corrected chi connectivity index (χ2v) is 8.93. The molecule has 2 heteroatoms. The molecule has 0 saturated carbocycles. The molecule has 0 spiro atoms. The fourth-order valence-corrected chi connectivity index (χ4v) is 3.92. The summed E-state index contributed by atoms with van der Waals surface area (Å²) in [5.74, 6) is -0.695. The predicted molar refractivity (Wildman–Crippen MR) is 126 cm³/mol. The van der Waals surface area contributed by atoms with Gasteiger partial charge in [-0.3, -0.25) is 4.79 Å². The van der Waals surface area contributed by atoms with Crippen molar-refractivity contribution in [1.82, 2.24) is 0 Å². The first-order chi connectivity index (χ1) is 14.1. The lowest BCUT2D eigenvalue weighted by Crippen LogP contribution is -2.15. The number of carbonyl (C=O) groups is 1. The Bertz CT molecular complexity index is 549. The Hall–Kier alpha value is -1.57. The Balaban J connectivity index is 2.23. The first-order valence-corrected chi connectivity index (χ1v) is 12.0. The summed E-state index contributed by atoms with van der Waals surface area (Å²) in [6.45, 7) is 4.49. The van der Waals surface area contributed by atoms with Crippen LogP contribution in [-0.4, -0.2) is 11.1 Å². The molecular weight excluding hydrogens is 356 g/mol. The highest BCUT2D eigenvalue weighted by atomic mass is 16.4. The van der Waals surface area contributed by atoms with E-state index in [0.29, 0.717) is 6.42 Å². The molecule has 0 radical (unpaired) electrons. The lowest BCUT2D eigenvalue weighted by atomic mass is 9.79. The topological polar surface area (TPSA) is 37.3 Å². The van der Waals surface area contributed by atoms with E-state index in [9.17, 15) is 4.79 Å². The van der Waals surface area contributed by atoms with Crippen molar-refractivity contribution in [3.05, 3.63) is 42.0 Å². The van der Waals surface area contributed by atoms with Gasteiger partial charge in [-0.2, -0.15) is 0 Å². The van der Waals surface area contributed by atoms with Gasteiger partial charge in [-0.1, -0.05) is 133 Å². The van der Waals surface area contributed by atoms with Crippen LogP contribution in [0.2, 0.25) is 0 Å². The second-order valence-electron chi connectivity index (χ2n) is 8.93. The molecular formula is C27H44O2. The molecule has 164 valence electrons. The summed E-state index contributed by atoms with van der Waals surface area (Å²) in [6.07, 6.45) is 22.7. The van der Waals surface area contributed by atoms with Gasteiger partial charge < -0.3 is 5.11 Å². The minimum absolute atomic E-state index is 0.0350. The molecule has 0 aliphatic carbocycles. The number of carboxylic acid groups (broad SMARTS) is 1.